The Kier molecular flexibility index (Phi) is 7.59. The fraction of sp³-hybridized carbons (Fsp3) is 0.238. The molecular weight excluding hydrogens is 459 g/mol. The van der Waals surface area contributed by atoms with Crippen LogP contribution in [-0.2, 0) is 24.6 Å². The first kappa shape index (κ1) is 24.1. The number of aromatic nitrogens is 3. The summed E-state index contributed by atoms with van der Waals surface area (Å²) in [5.41, 5.74) is -0.0680. The van der Waals surface area contributed by atoms with Gasteiger partial charge in [-0.15, -0.1) is 10.2 Å². The molecule has 0 aliphatic rings. The second kappa shape index (κ2) is 10.4. The third-order valence-corrected chi connectivity index (χ3v) is 5.53. The molecule has 2 amide bonds. The van der Waals surface area contributed by atoms with E-state index in [1.165, 1.54) is 19.2 Å². The summed E-state index contributed by atoms with van der Waals surface area (Å²) in [6.45, 7) is 0.132. The second-order valence-electron chi connectivity index (χ2n) is 6.78. The van der Waals surface area contributed by atoms with Crippen LogP contribution in [0.3, 0.4) is 0 Å². The van der Waals surface area contributed by atoms with E-state index < -0.39 is 17.6 Å². The number of nitrogens with zero attached hydrogens (tertiary/aromatic N) is 3. The molecule has 0 fully saturated rings. The van der Waals surface area contributed by atoms with Crippen molar-refractivity contribution in [2.24, 2.45) is 7.05 Å². The number of hydrogen-bond acceptors (Lipinski definition) is 6. The number of amides is 2. The number of anilines is 1. The van der Waals surface area contributed by atoms with Crippen LogP contribution >= 0.6 is 11.8 Å². The summed E-state index contributed by atoms with van der Waals surface area (Å²) >= 11 is 1.11. The van der Waals surface area contributed by atoms with E-state index >= 15 is 0 Å². The first-order valence-corrected chi connectivity index (χ1v) is 10.6. The van der Waals surface area contributed by atoms with Gasteiger partial charge in [-0.2, -0.15) is 13.2 Å². The van der Waals surface area contributed by atoms with Crippen LogP contribution < -0.4 is 15.4 Å². The van der Waals surface area contributed by atoms with Gasteiger partial charge in [0.15, 0.2) is 11.0 Å². The lowest BCUT2D eigenvalue weighted by atomic mass is 10.2. The highest BCUT2D eigenvalue weighted by Crippen LogP contribution is 2.29. The molecule has 0 saturated heterocycles. The third kappa shape index (κ3) is 6.48. The highest BCUT2D eigenvalue weighted by Gasteiger charge is 2.30. The average molecular weight is 479 g/mol. The number of hydrogen-bond donors (Lipinski definition) is 2. The largest absolute Gasteiger partial charge is 0.497 e. The number of ether oxygens (including phenoxy) is 1. The fourth-order valence-corrected chi connectivity index (χ4v) is 3.43. The van der Waals surface area contributed by atoms with Crippen molar-refractivity contribution in [3.8, 4) is 5.75 Å². The number of methoxy groups -OCH3 is 1. The summed E-state index contributed by atoms with van der Waals surface area (Å²) in [4.78, 5) is 24.4. The van der Waals surface area contributed by atoms with Crippen LogP contribution in [-0.4, -0.2) is 39.4 Å². The maximum atomic E-state index is 12.6. The number of carbonyl (C=O) groups is 2. The van der Waals surface area contributed by atoms with Gasteiger partial charge in [-0.1, -0.05) is 11.8 Å². The topological polar surface area (TPSA) is 98.1 Å². The normalized spacial score (nSPS) is 11.2. The van der Waals surface area contributed by atoms with Gasteiger partial charge in [-0.3, -0.25) is 9.59 Å². The van der Waals surface area contributed by atoms with E-state index in [1.54, 1.807) is 35.9 Å². The Labute approximate surface area is 191 Å². The number of alkyl halides is 3. The zero-order valence-electron chi connectivity index (χ0n) is 17.6. The Balaban J connectivity index is 1.50. The Morgan fingerprint density at radius 2 is 1.73 bits per heavy atom. The van der Waals surface area contributed by atoms with E-state index in [0.29, 0.717) is 22.3 Å². The maximum absolute atomic E-state index is 12.6. The fourth-order valence-electron chi connectivity index (χ4n) is 2.70. The Morgan fingerprint density at radius 1 is 1.06 bits per heavy atom. The van der Waals surface area contributed by atoms with Crippen LogP contribution in [0, 0.1) is 0 Å². The molecule has 12 heteroatoms. The minimum atomic E-state index is -4.44. The van der Waals surface area contributed by atoms with Gasteiger partial charge in [0.2, 0.25) is 5.91 Å². The van der Waals surface area contributed by atoms with Gasteiger partial charge < -0.3 is 19.9 Å². The molecule has 3 aromatic rings. The standard InChI is InChI=1S/C21H20F3N5O3S/c1-29-17(11-25-19(31)13-3-9-16(32-2)10-4-13)27-28-20(29)33-12-18(30)26-15-7-5-14(6-8-15)21(22,23)24/h3-10H,11-12H2,1-2H3,(H,25,31)(H,26,30). The molecule has 0 atom stereocenters. The molecule has 0 spiro atoms. The molecule has 0 bridgehead atoms. The molecule has 0 radical (unpaired) electrons. The number of benzene rings is 2. The van der Waals surface area contributed by atoms with Crippen molar-refractivity contribution in [2.75, 3.05) is 18.2 Å². The van der Waals surface area contributed by atoms with Gasteiger partial charge in [-0.05, 0) is 48.5 Å². The summed E-state index contributed by atoms with van der Waals surface area (Å²) < 4.78 is 44.5. The zero-order chi connectivity index (χ0) is 24.0. The zero-order valence-corrected chi connectivity index (χ0v) is 18.5. The smallest absolute Gasteiger partial charge is 0.416 e. The summed E-state index contributed by atoms with van der Waals surface area (Å²) in [6.07, 6.45) is -4.44. The van der Waals surface area contributed by atoms with Gasteiger partial charge in [-0.25, -0.2) is 0 Å². The van der Waals surface area contributed by atoms with E-state index in [4.69, 9.17) is 4.74 Å². The molecule has 0 unspecified atom stereocenters. The molecule has 1 aromatic heterocycles. The molecule has 0 aliphatic carbocycles. The number of thioether (sulfide) groups is 1. The van der Waals surface area contributed by atoms with E-state index in [9.17, 15) is 22.8 Å². The van der Waals surface area contributed by atoms with Gasteiger partial charge in [0.1, 0.15) is 5.75 Å². The molecule has 174 valence electrons. The predicted molar refractivity (Wildman–Crippen MR) is 116 cm³/mol. The number of rotatable bonds is 8. The lowest BCUT2D eigenvalue weighted by Crippen LogP contribution is -2.24. The predicted octanol–water partition coefficient (Wildman–Crippen LogP) is 3.50. The summed E-state index contributed by atoms with van der Waals surface area (Å²) in [6, 6.07) is 10.8. The minimum Gasteiger partial charge on any atom is -0.497 e. The quantitative estimate of drug-likeness (QED) is 0.480. The molecule has 33 heavy (non-hydrogen) atoms. The minimum absolute atomic E-state index is 0.0226. The Hall–Kier alpha value is -3.54. The Morgan fingerprint density at radius 3 is 2.33 bits per heavy atom. The highest BCUT2D eigenvalue weighted by atomic mass is 32.2. The number of halogens is 3. The van der Waals surface area contributed by atoms with E-state index in [1.807, 2.05) is 0 Å². The van der Waals surface area contributed by atoms with Crippen molar-refractivity contribution in [2.45, 2.75) is 17.9 Å². The number of nitrogens with one attached hydrogen (secondary N) is 2. The van der Waals surface area contributed by atoms with Crippen molar-refractivity contribution in [3.63, 3.8) is 0 Å². The lowest BCUT2D eigenvalue weighted by Gasteiger charge is -2.09. The van der Waals surface area contributed by atoms with Crippen LogP contribution in [0.2, 0.25) is 0 Å². The maximum Gasteiger partial charge on any atom is 0.416 e. The van der Waals surface area contributed by atoms with E-state index in [2.05, 4.69) is 20.8 Å². The van der Waals surface area contributed by atoms with Crippen molar-refractivity contribution in [1.82, 2.24) is 20.1 Å². The van der Waals surface area contributed by atoms with Gasteiger partial charge in [0.05, 0.1) is 25.0 Å². The van der Waals surface area contributed by atoms with Crippen LogP contribution in [0.5, 0.6) is 5.75 Å². The second-order valence-corrected chi connectivity index (χ2v) is 7.72. The summed E-state index contributed by atoms with van der Waals surface area (Å²) in [5, 5.41) is 13.8. The third-order valence-electron chi connectivity index (χ3n) is 4.51. The lowest BCUT2D eigenvalue weighted by molar-refractivity contribution is -0.137. The summed E-state index contributed by atoms with van der Waals surface area (Å²) in [5.74, 6) is 0.417. The van der Waals surface area contributed by atoms with Gasteiger partial charge in [0, 0.05) is 18.3 Å². The molecule has 2 N–H and O–H groups in total. The molecule has 8 nitrogen and oxygen atoms in total. The van der Waals surface area contributed by atoms with Gasteiger partial charge in [0.25, 0.3) is 5.91 Å². The number of carbonyl (C=O) groups excluding carboxylic acids is 2. The molecule has 1 heterocycles. The molecule has 2 aromatic carbocycles. The van der Waals surface area contributed by atoms with E-state index in [-0.39, 0.29) is 23.9 Å². The van der Waals surface area contributed by atoms with Crippen molar-refractivity contribution < 1.29 is 27.5 Å². The molecule has 0 saturated carbocycles. The average Bonchev–Trinajstić information content (AvgIpc) is 3.15. The van der Waals surface area contributed by atoms with Crippen LogP contribution in [0.25, 0.3) is 0 Å². The van der Waals surface area contributed by atoms with Gasteiger partial charge >= 0.3 is 6.18 Å². The molecule has 3 rings (SSSR count). The van der Waals surface area contributed by atoms with Crippen LogP contribution in [0.1, 0.15) is 21.7 Å². The highest BCUT2D eigenvalue weighted by molar-refractivity contribution is 7.99. The Bertz CT molecular complexity index is 1120. The molecular formula is C21H20F3N5O3S. The van der Waals surface area contributed by atoms with Crippen molar-refractivity contribution in [1.29, 1.82) is 0 Å². The van der Waals surface area contributed by atoms with Crippen molar-refractivity contribution >= 4 is 29.3 Å². The van der Waals surface area contributed by atoms with E-state index in [0.717, 1.165) is 23.9 Å². The van der Waals surface area contributed by atoms with Crippen molar-refractivity contribution in [3.05, 3.63) is 65.5 Å². The first-order chi connectivity index (χ1) is 15.7. The summed E-state index contributed by atoms with van der Waals surface area (Å²) in [7, 11) is 3.24. The van der Waals surface area contributed by atoms with Crippen LogP contribution in [0.15, 0.2) is 53.7 Å². The SMILES string of the molecule is COc1ccc(C(=O)NCc2nnc(SCC(=O)Nc3ccc(C(F)(F)F)cc3)n2C)cc1. The van der Waals surface area contributed by atoms with Crippen LogP contribution in [0.4, 0.5) is 18.9 Å². The monoisotopic (exact) mass is 479 g/mol. The molecule has 0 aliphatic heterocycles. The first-order valence-electron chi connectivity index (χ1n) is 9.58.